The van der Waals surface area contributed by atoms with Crippen molar-refractivity contribution in [2.24, 2.45) is 0 Å². The quantitative estimate of drug-likeness (QED) is 0.897. The van der Waals surface area contributed by atoms with Crippen LogP contribution in [0.1, 0.15) is 31.4 Å². The smallest absolute Gasteiger partial charge is 0.0589 e. The van der Waals surface area contributed by atoms with Crippen LogP contribution in [0.25, 0.3) is 0 Å². The van der Waals surface area contributed by atoms with Crippen molar-refractivity contribution >= 4 is 11.6 Å². The predicted molar refractivity (Wildman–Crippen MR) is 69.0 cm³/mol. The molecule has 0 spiro atoms. The minimum atomic E-state index is 0.273. The van der Waals surface area contributed by atoms with Gasteiger partial charge in [0.1, 0.15) is 0 Å². The molecule has 1 unspecified atom stereocenters. The van der Waals surface area contributed by atoms with E-state index in [4.69, 9.17) is 16.7 Å². The fourth-order valence-electron chi connectivity index (χ4n) is 2.45. The van der Waals surface area contributed by atoms with Crippen molar-refractivity contribution in [1.82, 2.24) is 9.88 Å². The Hall–Kier alpha value is -0.640. The third kappa shape index (κ3) is 3.66. The molecular formula is C13H19ClN2O. The second-order valence-corrected chi connectivity index (χ2v) is 5.04. The van der Waals surface area contributed by atoms with Crippen LogP contribution in [0, 0.1) is 0 Å². The number of aliphatic hydroxyl groups is 1. The van der Waals surface area contributed by atoms with Crippen molar-refractivity contribution < 1.29 is 5.11 Å². The lowest BCUT2D eigenvalue weighted by atomic mass is 9.99. The molecule has 1 aliphatic rings. The highest BCUT2D eigenvalue weighted by molar-refractivity contribution is 6.30. The molecular weight excluding hydrogens is 236 g/mol. The van der Waals surface area contributed by atoms with Gasteiger partial charge < -0.3 is 5.11 Å². The van der Waals surface area contributed by atoms with Crippen LogP contribution in [-0.4, -0.2) is 34.2 Å². The molecule has 1 aromatic heterocycles. The summed E-state index contributed by atoms with van der Waals surface area (Å²) in [4.78, 5) is 6.76. The van der Waals surface area contributed by atoms with Crippen LogP contribution in [0.2, 0.25) is 5.02 Å². The van der Waals surface area contributed by atoms with Gasteiger partial charge in [-0.25, -0.2) is 0 Å². The summed E-state index contributed by atoms with van der Waals surface area (Å²) < 4.78 is 0. The van der Waals surface area contributed by atoms with Gasteiger partial charge in [0.05, 0.1) is 10.7 Å². The molecule has 1 saturated heterocycles. The molecule has 1 aromatic rings. The second kappa shape index (κ2) is 6.34. The lowest BCUT2D eigenvalue weighted by Crippen LogP contribution is -2.39. The average molecular weight is 255 g/mol. The Morgan fingerprint density at radius 3 is 3.00 bits per heavy atom. The summed E-state index contributed by atoms with van der Waals surface area (Å²) in [5.74, 6) is 0. The zero-order valence-electron chi connectivity index (χ0n) is 9.98. The van der Waals surface area contributed by atoms with Gasteiger partial charge in [-0.05, 0) is 37.9 Å². The third-order valence-electron chi connectivity index (χ3n) is 3.37. The number of aliphatic hydroxyl groups excluding tert-OH is 1. The lowest BCUT2D eigenvalue weighted by molar-refractivity contribution is 0.111. The Kier molecular flexibility index (Phi) is 4.77. The van der Waals surface area contributed by atoms with E-state index in [2.05, 4.69) is 9.88 Å². The Morgan fingerprint density at radius 1 is 1.41 bits per heavy atom. The third-order valence-corrected chi connectivity index (χ3v) is 3.59. The van der Waals surface area contributed by atoms with E-state index in [9.17, 15) is 0 Å². The number of aromatic nitrogens is 1. The zero-order chi connectivity index (χ0) is 12.1. The average Bonchev–Trinajstić information content (AvgIpc) is 2.35. The van der Waals surface area contributed by atoms with Crippen LogP contribution >= 0.6 is 11.6 Å². The van der Waals surface area contributed by atoms with Gasteiger partial charge >= 0.3 is 0 Å². The molecule has 1 atom stereocenters. The molecule has 17 heavy (non-hydrogen) atoms. The van der Waals surface area contributed by atoms with Crippen LogP contribution < -0.4 is 0 Å². The zero-order valence-corrected chi connectivity index (χ0v) is 10.7. The molecule has 0 aromatic carbocycles. The van der Waals surface area contributed by atoms with E-state index < -0.39 is 0 Å². The molecule has 1 aliphatic heterocycles. The topological polar surface area (TPSA) is 36.4 Å². The van der Waals surface area contributed by atoms with Crippen LogP contribution in [0.5, 0.6) is 0 Å². The van der Waals surface area contributed by atoms with Crippen LogP contribution in [0.4, 0.5) is 0 Å². The molecule has 0 radical (unpaired) electrons. The summed E-state index contributed by atoms with van der Waals surface area (Å²) in [6.45, 7) is 2.24. The molecule has 94 valence electrons. The number of hydrogen-bond donors (Lipinski definition) is 1. The van der Waals surface area contributed by atoms with Gasteiger partial charge in [-0.2, -0.15) is 0 Å². The summed E-state index contributed by atoms with van der Waals surface area (Å²) in [6.07, 6.45) is 6.27. The van der Waals surface area contributed by atoms with E-state index >= 15 is 0 Å². The van der Waals surface area contributed by atoms with Crippen molar-refractivity contribution in [1.29, 1.82) is 0 Å². The lowest BCUT2D eigenvalue weighted by Gasteiger charge is -2.35. The van der Waals surface area contributed by atoms with E-state index in [1.54, 1.807) is 6.20 Å². The van der Waals surface area contributed by atoms with Crippen molar-refractivity contribution in [2.45, 2.75) is 38.3 Å². The highest BCUT2D eigenvalue weighted by Crippen LogP contribution is 2.21. The minimum Gasteiger partial charge on any atom is -0.396 e. The number of nitrogens with zero attached hydrogens (tertiary/aromatic N) is 2. The summed E-state index contributed by atoms with van der Waals surface area (Å²) >= 11 is 5.82. The molecule has 1 N–H and O–H groups in total. The first-order chi connectivity index (χ1) is 8.29. The molecule has 2 heterocycles. The van der Waals surface area contributed by atoms with Crippen LogP contribution in [0.3, 0.4) is 0 Å². The van der Waals surface area contributed by atoms with E-state index in [0.29, 0.717) is 11.1 Å². The second-order valence-electron chi connectivity index (χ2n) is 4.60. The van der Waals surface area contributed by atoms with Gasteiger partial charge in [0.2, 0.25) is 0 Å². The largest absolute Gasteiger partial charge is 0.396 e. The van der Waals surface area contributed by atoms with Gasteiger partial charge in [0, 0.05) is 25.4 Å². The first-order valence-electron chi connectivity index (χ1n) is 6.25. The summed E-state index contributed by atoms with van der Waals surface area (Å²) in [6, 6.07) is 4.37. The number of likely N-dealkylation sites (tertiary alicyclic amines) is 1. The fourth-order valence-corrected chi connectivity index (χ4v) is 2.56. The maximum absolute atomic E-state index is 9.08. The van der Waals surface area contributed by atoms with Gasteiger partial charge in [0.15, 0.2) is 0 Å². The first kappa shape index (κ1) is 12.8. The summed E-state index contributed by atoms with van der Waals surface area (Å²) in [7, 11) is 0. The Morgan fingerprint density at radius 2 is 2.29 bits per heavy atom. The van der Waals surface area contributed by atoms with E-state index in [0.717, 1.165) is 25.2 Å². The standard InChI is InChI=1S/C13H19ClN2O/c14-11-4-5-12(15-9-11)10-16-7-2-1-3-13(16)6-8-17/h4-5,9,13,17H,1-3,6-8,10H2. The van der Waals surface area contributed by atoms with Crippen molar-refractivity contribution in [3.8, 4) is 0 Å². The Bertz CT molecular complexity index is 340. The molecule has 0 amide bonds. The van der Waals surface area contributed by atoms with Crippen LogP contribution in [-0.2, 0) is 6.54 Å². The monoisotopic (exact) mass is 254 g/mol. The molecule has 0 aliphatic carbocycles. The highest BCUT2D eigenvalue weighted by Gasteiger charge is 2.21. The highest BCUT2D eigenvalue weighted by atomic mass is 35.5. The fraction of sp³-hybridized carbons (Fsp3) is 0.615. The number of piperidine rings is 1. The van der Waals surface area contributed by atoms with Crippen molar-refractivity contribution in [3.63, 3.8) is 0 Å². The minimum absolute atomic E-state index is 0.273. The van der Waals surface area contributed by atoms with Gasteiger partial charge in [-0.3, -0.25) is 9.88 Å². The number of pyridine rings is 1. The van der Waals surface area contributed by atoms with E-state index in [1.807, 2.05) is 12.1 Å². The molecule has 4 heteroatoms. The number of hydrogen-bond acceptors (Lipinski definition) is 3. The molecule has 0 saturated carbocycles. The number of rotatable bonds is 4. The normalized spacial score (nSPS) is 21.6. The van der Waals surface area contributed by atoms with Crippen molar-refractivity contribution in [2.75, 3.05) is 13.2 Å². The predicted octanol–water partition coefficient (Wildman–Crippen LogP) is 2.47. The molecule has 2 rings (SSSR count). The van der Waals surface area contributed by atoms with Crippen molar-refractivity contribution in [3.05, 3.63) is 29.0 Å². The number of halogens is 1. The first-order valence-corrected chi connectivity index (χ1v) is 6.63. The van der Waals surface area contributed by atoms with Gasteiger partial charge in [-0.1, -0.05) is 18.0 Å². The summed E-state index contributed by atoms with van der Waals surface area (Å²) in [5, 5.41) is 9.76. The maximum Gasteiger partial charge on any atom is 0.0589 e. The van der Waals surface area contributed by atoms with Gasteiger partial charge in [0.25, 0.3) is 0 Å². The van der Waals surface area contributed by atoms with Crippen LogP contribution in [0.15, 0.2) is 18.3 Å². The van der Waals surface area contributed by atoms with Gasteiger partial charge in [-0.15, -0.1) is 0 Å². The molecule has 3 nitrogen and oxygen atoms in total. The Balaban J connectivity index is 1.97. The molecule has 1 fully saturated rings. The molecule has 0 bridgehead atoms. The summed E-state index contributed by atoms with van der Waals surface area (Å²) in [5.41, 5.74) is 1.05. The SMILES string of the molecule is OCCC1CCCCN1Cc1ccc(Cl)cn1. The maximum atomic E-state index is 9.08. The van der Waals surface area contributed by atoms with E-state index in [1.165, 1.54) is 19.3 Å². The van der Waals surface area contributed by atoms with E-state index in [-0.39, 0.29) is 6.61 Å². The Labute approximate surface area is 107 Å².